The van der Waals surface area contributed by atoms with Crippen molar-refractivity contribution in [1.29, 1.82) is 5.41 Å². The summed E-state index contributed by atoms with van der Waals surface area (Å²) in [5, 5.41) is 15.1. The Morgan fingerprint density at radius 2 is 1.97 bits per heavy atom. The topological polar surface area (TPSA) is 126 Å². The number of ether oxygens (including phenoxy) is 1. The van der Waals surface area contributed by atoms with Gasteiger partial charge >= 0.3 is 0 Å². The molecule has 1 amide bonds. The minimum atomic E-state index is -0.212. The highest BCUT2D eigenvalue weighted by molar-refractivity contribution is 6.16. The van der Waals surface area contributed by atoms with Crippen molar-refractivity contribution in [3.63, 3.8) is 0 Å². The van der Waals surface area contributed by atoms with Crippen LogP contribution in [0.15, 0.2) is 67.0 Å². The van der Waals surface area contributed by atoms with Gasteiger partial charge in [-0.2, -0.15) is 0 Å². The number of aromatic nitrogens is 2. The highest BCUT2D eigenvalue weighted by atomic mass is 16.5. The maximum absolute atomic E-state index is 12.5. The van der Waals surface area contributed by atoms with Gasteiger partial charge in [0.1, 0.15) is 23.7 Å². The van der Waals surface area contributed by atoms with Gasteiger partial charge in [-0.1, -0.05) is 48.6 Å². The van der Waals surface area contributed by atoms with Crippen LogP contribution in [0, 0.1) is 5.41 Å². The molecule has 8 nitrogen and oxygen atoms in total. The van der Waals surface area contributed by atoms with Crippen molar-refractivity contribution in [3.8, 4) is 5.75 Å². The fourth-order valence-electron chi connectivity index (χ4n) is 3.91. The molecule has 174 valence electrons. The van der Waals surface area contributed by atoms with Gasteiger partial charge in [-0.15, -0.1) is 0 Å². The Morgan fingerprint density at radius 1 is 1.18 bits per heavy atom. The number of carbonyl (C=O) groups excluding carboxylic acids is 1. The molecular weight excluding hydrogens is 428 g/mol. The van der Waals surface area contributed by atoms with E-state index in [0.29, 0.717) is 34.8 Å². The lowest BCUT2D eigenvalue weighted by molar-refractivity contribution is 0.0948. The molecule has 0 fully saturated rings. The average Bonchev–Trinajstić information content (AvgIpc) is 2.88. The molecule has 0 aliphatic heterocycles. The quantitative estimate of drug-likeness (QED) is 0.301. The molecule has 0 saturated carbocycles. The number of nitrogens with one attached hydrogen (secondary N) is 3. The van der Waals surface area contributed by atoms with Gasteiger partial charge in [-0.05, 0) is 37.0 Å². The Hall–Kier alpha value is -4.20. The van der Waals surface area contributed by atoms with Crippen molar-refractivity contribution in [2.45, 2.75) is 31.8 Å². The first kappa shape index (κ1) is 23.0. The summed E-state index contributed by atoms with van der Waals surface area (Å²) in [4.78, 5) is 21.0. The molecule has 34 heavy (non-hydrogen) atoms. The van der Waals surface area contributed by atoms with E-state index in [9.17, 15) is 4.79 Å². The monoisotopic (exact) mass is 456 g/mol. The van der Waals surface area contributed by atoms with Crippen LogP contribution in [0.4, 0.5) is 11.6 Å². The second-order valence-corrected chi connectivity index (χ2v) is 8.05. The molecule has 1 aliphatic carbocycles. The molecule has 1 heterocycles. The van der Waals surface area contributed by atoms with Crippen molar-refractivity contribution in [2.24, 2.45) is 0 Å². The molecule has 1 unspecified atom stereocenters. The largest absolute Gasteiger partial charge is 0.496 e. The average molecular weight is 457 g/mol. The van der Waals surface area contributed by atoms with Crippen LogP contribution in [-0.4, -0.2) is 34.7 Å². The Morgan fingerprint density at radius 3 is 2.71 bits per heavy atom. The molecule has 1 aliphatic rings. The van der Waals surface area contributed by atoms with E-state index in [0.717, 1.165) is 24.8 Å². The number of methoxy groups -OCH3 is 1. The predicted octanol–water partition coefficient (Wildman–Crippen LogP) is 3.93. The van der Waals surface area contributed by atoms with Crippen LogP contribution in [0.5, 0.6) is 5.75 Å². The van der Waals surface area contributed by atoms with E-state index in [1.807, 2.05) is 30.3 Å². The van der Waals surface area contributed by atoms with Crippen LogP contribution in [0.3, 0.4) is 0 Å². The first-order valence-electron chi connectivity index (χ1n) is 11.2. The van der Waals surface area contributed by atoms with Gasteiger partial charge in [0.25, 0.3) is 5.91 Å². The van der Waals surface area contributed by atoms with Gasteiger partial charge < -0.3 is 21.1 Å². The second-order valence-electron chi connectivity index (χ2n) is 8.05. The lowest BCUT2D eigenvalue weighted by Gasteiger charge is -2.21. The summed E-state index contributed by atoms with van der Waals surface area (Å²) >= 11 is 0. The third-order valence-electron chi connectivity index (χ3n) is 5.75. The number of hydrogen-bond donors (Lipinski definition) is 4. The molecule has 0 radical (unpaired) electrons. The lowest BCUT2D eigenvalue weighted by Crippen LogP contribution is -2.23. The van der Waals surface area contributed by atoms with Crippen molar-refractivity contribution in [1.82, 2.24) is 15.3 Å². The smallest absolute Gasteiger partial charge is 0.255 e. The lowest BCUT2D eigenvalue weighted by atomic mass is 10.00. The van der Waals surface area contributed by atoms with Crippen molar-refractivity contribution < 1.29 is 9.53 Å². The van der Waals surface area contributed by atoms with Gasteiger partial charge in [0, 0.05) is 18.2 Å². The summed E-state index contributed by atoms with van der Waals surface area (Å²) in [6, 6.07) is 14.7. The van der Waals surface area contributed by atoms with E-state index < -0.39 is 0 Å². The van der Waals surface area contributed by atoms with E-state index in [1.54, 1.807) is 18.2 Å². The van der Waals surface area contributed by atoms with Crippen LogP contribution in [0.1, 0.15) is 46.3 Å². The third kappa shape index (κ3) is 5.23. The molecule has 1 aromatic heterocycles. The Bertz CT molecular complexity index is 1210. The number of amides is 1. The molecular formula is C26H28N6O2. The number of nitrogens with two attached hydrogens (primary N) is 1. The Labute approximate surface area is 198 Å². The number of allylic oxidation sites excluding steroid dienone is 1. The number of benzene rings is 2. The van der Waals surface area contributed by atoms with Crippen molar-refractivity contribution in [2.75, 3.05) is 18.2 Å². The van der Waals surface area contributed by atoms with Gasteiger partial charge in [0.2, 0.25) is 0 Å². The molecule has 5 N–H and O–H groups in total. The van der Waals surface area contributed by atoms with Crippen LogP contribution in [-0.2, 0) is 6.54 Å². The summed E-state index contributed by atoms with van der Waals surface area (Å²) in [6.07, 6.45) is 8.89. The number of carbonyl (C=O) groups is 1. The summed E-state index contributed by atoms with van der Waals surface area (Å²) in [6.45, 7) is 0.349. The molecule has 3 aromatic rings. The zero-order valence-electron chi connectivity index (χ0n) is 19.0. The number of hydrogen-bond acceptors (Lipinski definition) is 7. The summed E-state index contributed by atoms with van der Waals surface area (Å²) in [5.74, 6) is 1.13. The maximum atomic E-state index is 12.5. The summed E-state index contributed by atoms with van der Waals surface area (Å²) in [5.41, 5.74) is 8.94. The predicted molar refractivity (Wildman–Crippen MR) is 133 cm³/mol. The fourth-order valence-corrected chi connectivity index (χ4v) is 3.91. The van der Waals surface area contributed by atoms with E-state index >= 15 is 0 Å². The molecule has 1 atom stereocenters. The molecule has 0 bridgehead atoms. The molecule has 4 rings (SSSR count). The van der Waals surface area contributed by atoms with E-state index in [1.165, 1.54) is 13.4 Å². The van der Waals surface area contributed by atoms with Crippen LogP contribution < -0.4 is 21.1 Å². The second kappa shape index (κ2) is 10.6. The van der Waals surface area contributed by atoms with Crippen LogP contribution >= 0.6 is 0 Å². The van der Waals surface area contributed by atoms with E-state index in [2.05, 4.69) is 32.8 Å². The zero-order valence-corrected chi connectivity index (χ0v) is 19.0. The SMILES string of the molecule is COc1ccccc1C(=O)NCc1ccc(C(=N)c2c(N)ncnc2NC2C=CCCC2)cc1. The fraction of sp³-hybridized carbons (Fsp3) is 0.231. The van der Waals surface area contributed by atoms with E-state index in [4.69, 9.17) is 15.9 Å². The third-order valence-corrected chi connectivity index (χ3v) is 5.75. The normalized spacial score (nSPS) is 14.9. The van der Waals surface area contributed by atoms with Crippen molar-refractivity contribution in [3.05, 3.63) is 89.3 Å². The number of nitrogens with zero attached hydrogens (tertiary/aromatic N) is 2. The van der Waals surface area contributed by atoms with Gasteiger partial charge in [-0.25, -0.2) is 9.97 Å². The van der Waals surface area contributed by atoms with Crippen molar-refractivity contribution >= 4 is 23.3 Å². The number of nitrogen functional groups attached to an aromatic ring is 1. The highest BCUT2D eigenvalue weighted by Gasteiger charge is 2.19. The van der Waals surface area contributed by atoms with Gasteiger partial charge in [0.15, 0.2) is 0 Å². The maximum Gasteiger partial charge on any atom is 0.255 e. The number of para-hydroxylation sites is 1. The Balaban J connectivity index is 1.46. The first-order valence-corrected chi connectivity index (χ1v) is 11.2. The minimum absolute atomic E-state index is 0.156. The minimum Gasteiger partial charge on any atom is -0.496 e. The number of anilines is 2. The standard InChI is InChI=1S/C26H28N6O2/c1-34-21-10-6-5-9-20(21)26(33)29-15-17-11-13-18(14-12-17)23(27)22-24(28)30-16-31-25(22)32-19-7-3-2-4-8-19/h3,5-7,9-14,16,19,27H,2,4,8,15H2,1H3,(H,29,33)(H3,28,30,31,32). The molecule has 0 saturated heterocycles. The summed E-state index contributed by atoms with van der Waals surface area (Å²) < 4.78 is 5.26. The van der Waals surface area contributed by atoms with Gasteiger partial charge in [0.05, 0.1) is 23.9 Å². The molecule has 2 aromatic carbocycles. The Kier molecular flexibility index (Phi) is 7.17. The number of rotatable bonds is 8. The molecule has 0 spiro atoms. The van der Waals surface area contributed by atoms with Crippen LogP contribution in [0.2, 0.25) is 0 Å². The highest BCUT2D eigenvalue weighted by Crippen LogP contribution is 2.24. The zero-order chi connectivity index (χ0) is 23.9. The van der Waals surface area contributed by atoms with Crippen LogP contribution in [0.25, 0.3) is 0 Å². The molecule has 8 heteroatoms. The van der Waals surface area contributed by atoms with E-state index in [-0.39, 0.29) is 23.5 Å². The van der Waals surface area contributed by atoms with Gasteiger partial charge in [-0.3, -0.25) is 10.2 Å². The first-order chi connectivity index (χ1) is 16.6. The summed E-state index contributed by atoms with van der Waals surface area (Å²) in [7, 11) is 1.54.